The number of aliphatic hydroxyl groups excluding tert-OH is 1. The van der Waals surface area contributed by atoms with Crippen LogP contribution in [-0.4, -0.2) is 47.3 Å². The molecule has 2 N–H and O–H groups in total. The molecule has 0 bridgehead atoms. The SMILES string of the molecule is COc1ccc(COc2cnc(COc3ccc(C(=O)C(C(=O)O)C(C)O)cc3)cc2OCc2ccc(OC)cc2)cc1. The summed E-state index contributed by atoms with van der Waals surface area (Å²) in [7, 11) is 3.22. The van der Waals surface area contributed by atoms with Gasteiger partial charge in [0.1, 0.15) is 43.0 Å². The summed E-state index contributed by atoms with van der Waals surface area (Å²) in [6.45, 7) is 1.94. The Labute approximate surface area is 249 Å². The van der Waals surface area contributed by atoms with E-state index in [0.29, 0.717) is 29.5 Å². The summed E-state index contributed by atoms with van der Waals surface area (Å²) in [4.78, 5) is 28.4. The van der Waals surface area contributed by atoms with Gasteiger partial charge in [-0.15, -0.1) is 0 Å². The number of carbonyl (C=O) groups is 2. The number of aliphatic hydroxyl groups is 1. The molecule has 2 atom stereocenters. The van der Waals surface area contributed by atoms with Gasteiger partial charge < -0.3 is 33.9 Å². The van der Waals surface area contributed by atoms with E-state index in [-0.39, 0.29) is 18.8 Å². The lowest BCUT2D eigenvalue weighted by atomic mass is 9.93. The third-order valence-corrected chi connectivity index (χ3v) is 6.55. The number of nitrogens with zero attached hydrogens (tertiary/aromatic N) is 1. The maximum Gasteiger partial charge on any atom is 0.317 e. The summed E-state index contributed by atoms with van der Waals surface area (Å²) >= 11 is 0. The van der Waals surface area contributed by atoms with Crippen LogP contribution in [0, 0.1) is 5.92 Å². The molecule has 0 saturated carbocycles. The van der Waals surface area contributed by atoms with E-state index in [1.165, 1.54) is 19.1 Å². The normalized spacial score (nSPS) is 12.1. The first-order chi connectivity index (χ1) is 20.8. The molecule has 10 heteroatoms. The van der Waals surface area contributed by atoms with Gasteiger partial charge in [-0.3, -0.25) is 14.6 Å². The molecule has 0 saturated heterocycles. The topological polar surface area (TPSA) is 134 Å². The summed E-state index contributed by atoms with van der Waals surface area (Å²) in [5.74, 6) is -0.715. The Morgan fingerprint density at radius 1 is 0.721 bits per heavy atom. The van der Waals surface area contributed by atoms with E-state index in [4.69, 9.17) is 23.7 Å². The number of aliphatic carboxylic acids is 1. The van der Waals surface area contributed by atoms with Crippen LogP contribution >= 0.6 is 0 Å². The fourth-order valence-corrected chi connectivity index (χ4v) is 4.12. The van der Waals surface area contributed by atoms with Crippen LogP contribution in [0.4, 0.5) is 0 Å². The molecule has 0 spiro atoms. The molecule has 10 nitrogen and oxygen atoms in total. The number of rotatable bonds is 15. The van der Waals surface area contributed by atoms with Crippen molar-refractivity contribution < 1.29 is 43.5 Å². The molecule has 0 amide bonds. The van der Waals surface area contributed by atoms with Crippen LogP contribution in [0.25, 0.3) is 0 Å². The van der Waals surface area contributed by atoms with E-state index in [2.05, 4.69) is 4.98 Å². The zero-order valence-electron chi connectivity index (χ0n) is 24.1. The Hall–Kier alpha value is -5.09. The third-order valence-electron chi connectivity index (χ3n) is 6.55. The number of hydrogen-bond acceptors (Lipinski definition) is 9. The second kappa shape index (κ2) is 14.7. The highest BCUT2D eigenvalue weighted by Gasteiger charge is 2.31. The van der Waals surface area contributed by atoms with Gasteiger partial charge in [-0.1, -0.05) is 24.3 Å². The lowest BCUT2D eigenvalue weighted by Gasteiger charge is -2.15. The predicted octanol–water partition coefficient (Wildman–Crippen LogP) is 5.10. The molecule has 0 fully saturated rings. The van der Waals surface area contributed by atoms with E-state index in [1.54, 1.807) is 38.6 Å². The molecule has 3 aromatic carbocycles. The number of Topliss-reactive ketones (excluding diaryl/α,β-unsaturated/α-hetero) is 1. The van der Waals surface area contributed by atoms with Gasteiger partial charge in [0.05, 0.1) is 32.2 Å². The largest absolute Gasteiger partial charge is 0.497 e. The Bertz CT molecular complexity index is 1500. The molecule has 0 radical (unpaired) electrons. The first-order valence-electron chi connectivity index (χ1n) is 13.5. The molecule has 1 aromatic heterocycles. The number of carboxylic acid groups (broad SMARTS) is 1. The predicted molar refractivity (Wildman–Crippen MR) is 157 cm³/mol. The molecular weight excluding hydrogens is 554 g/mol. The van der Waals surface area contributed by atoms with E-state index >= 15 is 0 Å². The number of pyridine rings is 1. The van der Waals surface area contributed by atoms with Gasteiger partial charge >= 0.3 is 5.97 Å². The van der Waals surface area contributed by atoms with Crippen LogP contribution in [0.2, 0.25) is 0 Å². The molecule has 1 heterocycles. The number of hydrogen-bond donors (Lipinski definition) is 2. The first kappa shape index (κ1) is 30.9. The maximum atomic E-state index is 12.5. The number of carboxylic acids is 1. The standard InChI is InChI=1S/C33H33NO9/c1-21(35)31(33(37)38)32(36)24-8-14-28(15-9-24)41-20-25-16-29(42-18-22-4-10-26(39-2)11-5-22)30(17-34-25)43-19-23-6-12-27(40-3)13-7-23/h4-17,21,31,35H,18-20H2,1-3H3,(H,37,38). The monoisotopic (exact) mass is 587 g/mol. The van der Waals surface area contributed by atoms with Crippen molar-refractivity contribution in [3.05, 3.63) is 107 Å². The van der Waals surface area contributed by atoms with Crippen molar-refractivity contribution in [2.45, 2.75) is 32.8 Å². The number of ether oxygens (including phenoxy) is 5. The Kier molecular flexibility index (Phi) is 10.5. The van der Waals surface area contributed by atoms with Crippen molar-refractivity contribution in [2.24, 2.45) is 5.92 Å². The smallest absolute Gasteiger partial charge is 0.317 e. The van der Waals surface area contributed by atoms with Crippen LogP contribution < -0.4 is 23.7 Å². The van der Waals surface area contributed by atoms with Crippen LogP contribution in [0.3, 0.4) is 0 Å². The molecule has 0 aliphatic rings. The van der Waals surface area contributed by atoms with Gasteiger partial charge in [-0.25, -0.2) is 0 Å². The summed E-state index contributed by atoms with van der Waals surface area (Å²) in [5, 5.41) is 19.0. The zero-order valence-corrected chi connectivity index (χ0v) is 24.1. The lowest BCUT2D eigenvalue weighted by molar-refractivity contribution is -0.142. The number of methoxy groups -OCH3 is 2. The van der Waals surface area contributed by atoms with E-state index < -0.39 is 23.8 Å². The van der Waals surface area contributed by atoms with Crippen molar-refractivity contribution in [1.29, 1.82) is 0 Å². The van der Waals surface area contributed by atoms with E-state index in [0.717, 1.165) is 22.6 Å². The molecule has 4 aromatic rings. The highest BCUT2D eigenvalue weighted by Crippen LogP contribution is 2.30. The van der Waals surface area contributed by atoms with Crippen LogP contribution in [-0.2, 0) is 24.6 Å². The van der Waals surface area contributed by atoms with Crippen LogP contribution in [0.15, 0.2) is 85.1 Å². The van der Waals surface area contributed by atoms with Gasteiger partial charge in [0, 0.05) is 11.6 Å². The van der Waals surface area contributed by atoms with Crippen molar-refractivity contribution in [3.63, 3.8) is 0 Å². The molecular formula is C33H33NO9. The summed E-state index contributed by atoms with van der Waals surface area (Å²) < 4.78 is 28.5. The summed E-state index contributed by atoms with van der Waals surface area (Å²) in [5.41, 5.74) is 2.61. The van der Waals surface area contributed by atoms with E-state index in [1.807, 2.05) is 48.5 Å². The Morgan fingerprint density at radius 3 is 1.72 bits per heavy atom. The van der Waals surface area contributed by atoms with Crippen molar-refractivity contribution in [3.8, 4) is 28.7 Å². The third kappa shape index (κ3) is 8.46. The minimum atomic E-state index is -1.54. The quantitative estimate of drug-likeness (QED) is 0.143. The van der Waals surface area contributed by atoms with Gasteiger partial charge in [-0.05, 0) is 66.6 Å². The lowest BCUT2D eigenvalue weighted by Crippen LogP contribution is -2.33. The Morgan fingerprint density at radius 2 is 1.23 bits per heavy atom. The number of ketones is 1. The van der Waals surface area contributed by atoms with Crippen molar-refractivity contribution in [2.75, 3.05) is 14.2 Å². The second-order valence-corrected chi connectivity index (χ2v) is 9.63. The minimum Gasteiger partial charge on any atom is -0.497 e. The average Bonchev–Trinajstić information content (AvgIpc) is 3.02. The Balaban J connectivity index is 1.45. The van der Waals surface area contributed by atoms with E-state index in [9.17, 15) is 19.8 Å². The number of carbonyl (C=O) groups excluding carboxylic acids is 1. The van der Waals surface area contributed by atoms with Gasteiger partial charge in [0.25, 0.3) is 0 Å². The van der Waals surface area contributed by atoms with Crippen LogP contribution in [0.1, 0.15) is 34.1 Å². The van der Waals surface area contributed by atoms with Crippen molar-refractivity contribution >= 4 is 11.8 Å². The molecule has 4 rings (SSSR count). The summed E-state index contributed by atoms with van der Waals surface area (Å²) in [6.07, 6.45) is 0.256. The average molecular weight is 588 g/mol. The van der Waals surface area contributed by atoms with Gasteiger partial charge in [-0.2, -0.15) is 0 Å². The fraction of sp³-hybridized carbons (Fsp3) is 0.242. The molecule has 2 unspecified atom stereocenters. The first-order valence-corrected chi connectivity index (χ1v) is 13.5. The fourth-order valence-electron chi connectivity index (χ4n) is 4.12. The molecule has 43 heavy (non-hydrogen) atoms. The highest BCUT2D eigenvalue weighted by molar-refractivity contribution is 6.08. The molecule has 0 aliphatic carbocycles. The molecule has 0 aliphatic heterocycles. The zero-order chi connectivity index (χ0) is 30.8. The van der Waals surface area contributed by atoms with Crippen molar-refractivity contribution in [1.82, 2.24) is 4.98 Å². The van der Waals surface area contributed by atoms with Gasteiger partial charge in [0.2, 0.25) is 0 Å². The second-order valence-electron chi connectivity index (χ2n) is 9.63. The molecule has 224 valence electrons. The summed E-state index contributed by atoms with van der Waals surface area (Å²) in [6, 6.07) is 22.9. The maximum absolute atomic E-state index is 12.5. The number of aromatic nitrogens is 1. The van der Waals surface area contributed by atoms with Gasteiger partial charge in [0.15, 0.2) is 17.3 Å². The minimum absolute atomic E-state index is 0.0936. The highest BCUT2D eigenvalue weighted by atomic mass is 16.5. The number of benzene rings is 3. The van der Waals surface area contributed by atoms with Crippen LogP contribution in [0.5, 0.6) is 28.7 Å².